The van der Waals surface area contributed by atoms with Crippen molar-refractivity contribution < 1.29 is 28.6 Å². The summed E-state index contributed by atoms with van der Waals surface area (Å²) in [6.45, 7) is 3.02. The second-order valence-electron chi connectivity index (χ2n) is 8.16. The third kappa shape index (κ3) is 4.93. The zero-order valence-electron chi connectivity index (χ0n) is 19.2. The van der Waals surface area contributed by atoms with Crippen LogP contribution >= 0.6 is 0 Å². The van der Waals surface area contributed by atoms with Crippen LogP contribution in [0, 0.1) is 0 Å². The molecule has 1 heterocycles. The van der Waals surface area contributed by atoms with Crippen molar-refractivity contribution in [1.29, 1.82) is 0 Å². The van der Waals surface area contributed by atoms with Crippen LogP contribution in [-0.2, 0) is 41.4 Å². The minimum absolute atomic E-state index is 0.0514. The Morgan fingerprint density at radius 1 is 1.00 bits per heavy atom. The van der Waals surface area contributed by atoms with Gasteiger partial charge < -0.3 is 19.1 Å². The summed E-state index contributed by atoms with van der Waals surface area (Å²) in [5.41, 5.74) is 2.75. The predicted octanol–water partition coefficient (Wildman–Crippen LogP) is 2.77. The molecule has 1 aliphatic heterocycles. The van der Waals surface area contributed by atoms with Gasteiger partial charge in [0.1, 0.15) is 0 Å². The van der Waals surface area contributed by atoms with E-state index < -0.39 is 0 Å². The van der Waals surface area contributed by atoms with Crippen LogP contribution in [-0.4, -0.2) is 62.9 Å². The van der Waals surface area contributed by atoms with E-state index in [0.29, 0.717) is 37.0 Å². The molecular formula is C25H31NO6. The number of hydrogen-bond donors (Lipinski definition) is 0. The predicted molar refractivity (Wildman–Crippen MR) is 119 cm³/mol. The Bertz CT molecular complexity index is 944. The first-order chi connectivity index (χ1) is 15.4. The summed E-state index contributed by atoms with van der Waals surface area (Å²) in [7, 11) is 4.37. The third-order valence-corrected chi connectivity index (χ3v) is 6.18. The molecule has 7 heteroatoms. The van der Waals surface area contributed by atoms with Crippen molar-refractivity contribution in [3.05, 3.63) is 58.1 Å². The van der Waals surface area contributed by atoms with E-state index in [9.17, 15) is 14.4 Å². The lowest BCUT2D eigenvalue weighted by molar-refractivity contribution is -0.132. The monoisotopic (exact) mass is 441 g/mol. The molecule has 2 aliphatic rings. The fourth-order valence-corrected chi connectivity index (χ4v) is 4.36. The van der Waals surface area contributed by atoms with E-state index in [1.807, 2.05) is 29.2 Å². The van der Waals surface area contributed by atoms with Crippen LogP contribution < -0.4 is 0 Å². The number of allylic oxidation sites excluding steroid dienone is 2. The van der Waals surface area contributed by atoms with E-state index >= 15 is 0 Å². The molecule has 1 atom stereocenters. The zero-order valence-corrected chi connectivity index (χ0v) is 19.2. The number of benzene rings is 1. The standard InChI is InChI=1S/C25H31NO6/c1-16-20(23(29)25(32-4)24(31-3)22(16)28)14-18-9-7-17(8-10-18)11-12-21(27)26-13-5-6-19(26)15-30-2/h7-10,19H,5-6,11-15H2,1-4H3/t19-/m0/s1. The number of hydrogen-bond acceptors (Lipinski definition) is 6. The summed E-state index contributed by atoms with van der Waals surface area (Å²) < 4.78 is 15.4. The fraction of sp³-hybridized carbons (Fsp3) is 0.480. The van der Waals surface area contributed by atoms with Crippen LogP contribution in [0.2, 0.25) is 0 Å². The summed E-state index contributed by atoms with van der Waals surface area (Å²) in [5, 5.41) is 0. The van der Waals surface area contributed by atoms with Crippen LogP contribution in [0.15, 0.2) is 46.9 Å². The molecule has 172 valence electrons. The van der Waals surface area contributed by atoms with E-state index in [4.69, 9.17) is 14.2 Å². The van der Waals surface area contributed by atoms with Gasteiger partial charge in [-0.05, 0) is 37.3 Å². The molecular weight excluding hydrogens is 410 g/mol. The topological polar surface area (TPSA) is 82.1 Å². The van der Waals surface area contributed by atoms with Crippen molar-refractivity contribution in [2.45, 2.75) is 45.1 Å². The number of rotatable bonds is 9. The highest BCUT2D eigenvalue weighted by Gasteiger charge is 2.34. The lowest BCUT2D eigenvalue weighted by Gasteiger charge is -2.24. The Balaban J connectivity index is 1.63. The molecule has 32 heavy (non-hydrogen) atoms. The van der Waals surface area contributed by atoms with E-state index in [2.05, 4.69) is 0 Å². The third-order valence-electron chi connectivity index (χ3n) is 6.18. The maximum Gasteiger partial charge on any atom is 0.228 e. The van der Waals surface area contributed by atoms with Crippen molar-refractivity contribution >= 4 is 17.5 Å². The Labute approximate surface area is 189 Å². The molecule has 1 aliphatic carbocycles. The van der Waals surface area contributed by atoms with Gasteiger partial charge in [-0.3, -0.25) is 14.4 Å². The maximum atomic E-state index is 12.8. The van der Waals surface area contributed by atoms with E-state index in [0.717, 1.165) is 30.5 Å². The van der Waals surface area contributed by atoms with Gasteiger partial charge in [-0.15, -0.1) is 0 Å². The van der Waals surface area contributed by atoms with Gasteiger partial charge in [-0.2, -0.15) is 0 Å². The molecule has 0 bridgehead atoms. The second-order valence-corrected chi connectivity index (χ2v) is 8.16. The Morgan fingerprint density at radius 2 is 1.62 bits per heavy atom. The van der Waals surface area contributed by atoms with Gasteiger partial charge in [-0.25, -0.2) is 0 Å². The van der Waals surface area contributed by atoms with Gasteiger partial charge in [0.25, 0.3) is 0 Å². The summed E-state index contributed by atoms with van der Waals surface area (Å²) in [5.74, 6) is -0.602. The largest absolute Gasteiger partial charge is 0.489 e. The zero-order chi connectivity index (χ0) is 23.3. The van der Waals surface area contributed by atoms with Crippen molar-refractivity contribution in [3.8, 4) is 0 Å². The fourth-order valence-electron chi connectivity index (χ4n) is 4.36. The number of carbonyl (C=O) groups is 3. The highest BCUT2D eigenvalue weighted by molar-refractivity contribution is 6.23. The van der Waals surface area contributed by atoms with E-state index in [1.165, 1.54) is 14.2 Å². The quantitative estimate of drug-likeness (QED) is 0.548. The molecule has 0 aromatic heterocycles. The second kappa shape index (κ2) is 10.6. The van der Waals surface area contributed by atoms with Crippen LogP contribution in [0.5, 0.6) is 0 Å². The SMILES string of the molecule is COC[C@@H]1CCCN1C(=O)CCc1ccc(CC2=C(C)C(=O)C(OC)=C(OC)C2=O)cc1. The average Bonchev–Trinajstić information content (AvgIpc) is 3.26. The van der Waals surface area contributed by atoms with Crippen LogP contribution in [0.4, 0.5) is 0 Å². The Morgan fingerprint density at radius 3 is 2.25 bits per heavy atom. The molecule has 3 rings (SSSR count). The smallest absolute Gasteiger partial charge is 0.228 e. The summed E-state index contributed by atoms with van der Waals surface area (Å²) in [4.78, 5) is 39.9. The van der Waals surface area contributed by atoms with Gasteiger partial charge in [0.05, 0.1) is 26.9 Å². The number of likely N-dealkylation sites (tertiary alicyclic amines) is 1. The number of amides is 1. The first-order valence-electron chi connectivity index (χ1n) is 10.9. The molecule has 7 nitrogen and oxygen atoms in total. The van der Waals surface area contributed by atoms with E-state index in [-0.39, 0.29) is 35.0 Å². The lowest BCUT2D eigenvalue weighted by atomic mass is 9.88. The molecule has 0 saturated carbocycles. The van der Waals surface area contributed by atoms with Crippen molar-refractivity contribution in [3.63, 3.8) is 0 Å². The first kappa shape index (κ1) is 23.7. The first-order valence-corrected chi connectivity index (χ1v) is 10.9. The highest BCUT2D eigenvalue weighted by atomic mass is 16.5. The summed E-state index contributed by atoms with van der Waals surface area (Å²) in [6.07, 6.45) is 3.46. The van der Waals surface area contributed by atoms with Crippen molar-refractivity contribution in [2.75, 3.05) is 34.5 Å². The summed E-state index contributed by atoms with van der Waals surface area (Å²) >= 11 is 0. The van der Waals surface area contributed by atoms with Crippen LogP contribution in [0.1, 0.15) is 37.3 Å². The number of ketones is 2. The molecule has 1 saturated heterocycles. The van der Waals surface area contributed by atoms with Crippen LogP contribution in [0.25, 0.3) is 0 Å². The highest BCUT2D eigenvalue weighted by Crippen LogP contribution is 2.28. The normalized spacial score (nSPS) is 19.1. The number of aryl methyl sites for hydroxylation is 1. The molecule has 1 aromatic rings. The molecule has 0 spiro atoms. The maximum absolute atomic E-state index is 12.8. The number of ether oxygens (including phenoxy) is 3. The average molecular weight is 442 g/mol. The molecule has 1 fully saturated rings. The minimum Gasteiger partial charge on any atom is -0.489 e. The Hall–Kier alpha value is -2.93. The van der Waals surface area contributed by atoms with Gasteiger partial charge in [0, 0.05) is 37.6 Å². The van der Waals surface area contributed by atoms with Gasteiger partial charge in [-0.1, -0.05) is 24.3 Å². The lowest BCUT2D eigenvalue weighted by Crippen LogP contribution is -2.38. The number of methoxy groups -OCH3 is 3. The Kier molecular flexibility index (Phi) is 7.85. The summed E-state index contributed by atoms with van der Waals surface area (Å²) in [6, 6.07) is 8.00. The van der Waals surface area contributed by atoms with Gasteiger partial charge in [0.15, 0.2) is 0 Å². The number of carbonyl (C=O) groups excluding carboxylic acids is 3. The van der Waals surface area contributed by atoms with Gasteiger partial charge in [0.2, 0.25) is 29.0 Å². The number of nitrogens with zero attached hydrogens (tertiary/aromatic N) is 1. The van der Waals surface area contributed by atoms with Crippen molar-refractivity contribution in [1.82, 2.24) is 4.90 Å². The number of Topliss-reactive ketones (excluding diaryl/α,β-unsaturated/α-hetero) is 2. The van der Waals surface area contributed by atoms with Gasteiger partial charge >= 0.3 is 0 Å². The molecule has 0 N–H and O–H groups in total. The van der Waals surface area contributed by atoms with Crippen molar-refractivity contribution in [2.24, 2.45) is 0 Å². The van der Waals surface area contributed by atoms with Crippen LogP contribution in [0.3, 0.4) is 0 Å². The minimum atomic E-state index is -0.331. The molecule has 1 amide bonds. The van der Waals surface area contributed by atoms with E-state index in [1.54, 1.807) is 14.0 Å². The molecule has 0 radical (unpaired) electrons. The molecule has 0 unspecified atom stereocenters. The molecule has 1 aromatic carbocycles.